The molecule has 0 bridgehead atoms. The van der Waals surface area contributed by atoms with Gasteiger partial charge in [0.25, 0.3) is 5.91 Å². The van der Waals surface area contributed by atoms with E-state index in [1.54, 1.807) is 29.8 Å². The lowest BCUT2D eigenvalue weighted by Gasteiger charge is -2.54. The zero-order valence-corrected chi connectivity index (χ0v) is 37.8. The molecule has 9 rings (SSSR count). The number of esters is 1. The lowest BCUT2D eigenvalue weighted by atomic mass is 9.77. The second-order valence-electron chi connectivity index (χ2n) is 15.1. The summed E-state index contributed by atoms with van der Waals surface area (Å²) in [4.78, 5) is 62.8. The van der Waals surface area contributed by atoms with Crippen molar-refractivity contribution < 1.29 is 28.7 Å². The number of hydrogen-bond acceptors (Lipinski definition) is 15. The fourth-order valence-electron chi connectivity index (χ4n) is 7.83. The molecule has 324 valence electrons. The van der Waals surface area contributed by atoms with Crippen molar-refractivity contribution in [2.24, 2.45) is 10.6 Å². The number of fused-ring (bicyclic) bond motifs is 2. The maximum absolute atomic E-state index is 14.2. The molecule has 2 saturated heterocycles. The molecule has 64 heavy (non-hydrogen) atoms. The summed E-state index contributed by atoms with van der Waals surface area (Å²) in [6.07, 6.45) is 3.44. The van der Waals surface area contributed by atoms with Crippen molar-refractivity contribution in [3.63, 3.8) is 0 Å². The summed E-state index contributed by atoms with van der Waals surface area (Å²) in [6.45, 7) is 0.173. The van der Waals surface area contributed by atoms with Crippen LogP contribution in [0.4, 0.5) is 5.13 Å². The molecule has 2 aliphatic heterocycles. The maximum atomic E-state index is 14.2. The van der Waals surface area contributed by atoms with Crippen molar-refractivity contribution >= 4 is 85.0 Å². The third-order valence-electron chi connectivity index (χ3n) is 11.1. The van der Waals surface area contributed by atoms with E-state index in [1.165, 1.54) is 53.3 Å². The van der Waals surface area contributed by atoms with Crippen molar-refractivity contribution in [3.8, 4) is 5.75 Å². The highest BCUT2D eigenvalue weighted by Gasteiger charge is 2.58. The second kappa shape index (κ2) is 18.8. The highest BCUT2D eigenvalue weighted by Crippen LogP contribution is 2.46. The average molecular weight is 928 g/mol. The fraction of sp³-hybridized carbons (Fsp3) is 0.213. The lowest BCUT2D eigenvalue weighted by molar-refractivity contribution is -0.162. The van der Waals surface area contributed by atoms with Gasteiger partial charge in [-0.1, -0.05) is 120 Å². The maximum Gasteiger partial charge on any atom is 0.315 e. The number of aromatic nitrogens is 3. The third kappa shape index (κ3) is 8.55. The lowest BCUT2D eigenvalue weighted by Crippen LogP contribution is -2.74. The van der Waals surface area contributed by atoms with Crippen LogP contribution >= 0.6 is 46.2 Å². The summed E-state index contributed by atoms with van der Waals surface area (Å²) < 4.78 is 13.0. The molecule has 2 aliphatic rings. The number of ether oxygens (including phenoxy) is 2. The predicted octanol–water partition coefficient (Wildman–Crippen LogP) is 7.83. The smallest absolute Gasteiger partial charge is 0.315 e. The van der Waals surface area contributed by atoms with Crippen LogP contribution in [-0.4, -0.2) is 87.0 Å². The first-order valence-corrected chi connectivity index (χ1v) is 23.9. The molecular formula is C47H41N7O6S4. The Bertz CT molecular complexity index is 2660. The number of benzene rings is 4. The van der Waals surface area contributed by atoms with Crippen molar-refractivity contribution in [2.75, 3.05) is 37.6 Å². The number of pyridine rings is 1. The van der Waals surface area contributed by atoms with Crippen molar-refractivity contribution in [2.45, 2.75) is 27.9 Å². The van der Waals surface area contributed by atoms with Gasteiger partial charge in [0, 0.05) is 29.6 Å². The molecular weight excluding hydrogens is 887 g/mol. The predicted molar refractivity (Wildman–Crippen MR) is 252 cm³/mol. The zero-order valence-electron chi connectivity index (χ0n) is 34.6. The summed E-state index contributed by atoms with van der Waals surface area (Å²) in [5.41, 5.74) is 2.86. The number of amides is 2. The zero-order chi connectivity index (χ0) is 44.1. The fourth-order valence-corrected chi connectivity index (χ4v) is 12.5. The molecule has 2 N–H and O–H groups in total. The summed E-state index contributed by atoms with van der Waals surface area (Å²) in [5, 5.41) is 12.6. The Morgan fingerprint density at radius 3 is 2.20 bits per heavy atom. The Balaban J connectivity index is 0.923. The van der Waals surface area contributed by atoms with E-state index in [-0.39, 0.29) is 30.5 Å². The van der Waals surface area contributed by atoms with Crippen LogP contribution in [0, 0.1) is 5.41 Å². The van der Waals surface area contributed by atoms with Crippen LogP contribution in [0.15, 0.2) is 149 Å². The number of rotatable bonds is 16. The van der Waals surface area contributed by atoms with Crippen LogP contribution in [0.5, 0.6) is 5.75 Å². The molecule has 2 amide bonds. The Kier molecular flexibility index (Phi) is 12.7. The molecule has 7 aromatic rings. The van der Waals surface area contributed by atoms with E-state index in [2.05, 4.69) is 57.2 Å². The van der Waals surface area contributed by atoms with Crippen molar-refractivity contribution in [1.29, 1.82) is 0 Å². The van der Waals surface area contributed by atoms with Gasteiger partial charge in [0.1, 0.15) is 53.0 Å². The molecule has 4 aromatic carbocycles. The van der Waals surface area contributed by atoms with Crippen molar-refractivity contribution in [1.82, 2.24) is 25.2 Å². The Morgan fingerprint density at radius 2 is 1.58 bits per heavy atom. The number of nitrogens with zero attached hydrogens (tertiary/aromatic N) is 5. The highest BCUT2D eigenvalue weighted by atomic mass is 32.2. The third-order valence-corrected chi connectivity index (χ3v) is 15.9. The molecule has 13 nitrogen and oxygen atoms in total. The molecule has 0 spiro atoms. The van der Waals surface area contributed by atoms with E-state index in [0.717, 1.165) is 36.8 Å². The van der Waals surface area contributed by atoms with E-state index in [9.17, 15) is 14.4 Å². The van der Waals surface area contributed by atoms with E-state index >= 15 is 0 Å². The van der Waals surface area contributed by atoms with Gasteiger partial charge in [0.2, 0.25) is 5.91 Å². The molecule has 2 fully saturated rings. The minimum atomic E-state index is -1.06. The monoisotopic (exact) mass is 927 g/mol. The molecule has 3 aromatic heterocycles. The number of β-lactam (4-membered cyclic amide) rings is 1. The summed E-state index contributed by atoms with van der Waals surface area (Å²) in [5.74, 6) is 0.0268. The quantitative estimate of drug-likeness (QED) is 0.0242. The first-order valence-electron chi connectivity index (χ1n) is 20.2. The van der Waals surface area contributed by atoms with Gasteiger partial charge in [0.05, 0.1) is 18.0 Å². The first-order chi connectivity index (χ1) is 31.3. The molecule has 0 radical (unpaired) electrons. The Morgan fingerprint density at radius 1 is 0.906 bits per heavy atom. The molecule has 2 unspecified atom stereocenters. The standard InChI is InChI=1S/C47H41N7O6S4/c1-58-34-20-18-30(19-21-34)25-60-43(57)46(29-63-45-50-35-24-48-23-22-37(35)64-45)27-54-41(56)39(42(54)62-28-46)51-40(55)38(53-59-2)36-26-61-44(49-36)52-47(31-12-6-3-7-13-31,32-14-8-4-9-15-32)33-16-10-5-11-17-33/h3-24,26,39,42H,25,27-29H2,1-2H3,(H,49,52)(H,51,55)/t39?,42-,46?/m1/s1. The van der Waals surface area contributed by atoms with Gasteiger partial charge >= 0.3 is 5.97 Å². The normalized spacial score (nSPS) is 18.4. The minimum Gasteiger partial charge on any atom is -0.497 e. The first kappa shape index (κ1) is 43.0. The van der Waals surface area contributed by atoms with Gasteiger partial charge in [0.15, 0.2) is 15.2 Å². The minimum absolute atomic E-state index is 0.0595. The van der Waals surface area contributed by atoms with Gasteiger partial charge in [-0.2, -0.15) is 0 Å². The van der Waals surface area contributed by atoms with Gasteiger partial charge in [-0.3, -0.25) is 19.4 Å². The van der Waals surface area contributed by atoms with Gasteiger partial charge in [-0.15, -0.1) is 34.4 Å². The van der Waals surface area contributed by atoms with Gasteiger partial charge in [-0.25, -0.2) is 9.97 Å². The largest absolute Gasteiger partial charge is 0.497 e. The average Bonchev–Trinajstić information content (AvgIpc) is 4.00. The van der Waals surface area contributed by atoms with E-state index in [0.29, 0.717) is 22.4 Å². The van der Waals surface area contributed by atoms with Crippen LogP contribution in [0.1, 0.15) is 27.9 Å². The van der Waals surface area contributed by atoms with Crippen LogP contribution in [0.2, 0.25) is 0 Å². The number of carbonyl (C=O) groups is 3. The van der Waals surface area contributed by atoms with E-state index < -0.39 is 34.2 Å². The number of carbonyl (C=O) groups excluding carboxylic acids is 3. The van der Waals surface area contributed by atoms with Crippen LogP contribution in [0.3, 0.4) is 0 Å². The van der Waals surface area contributed by atoms with Crippen molar-refractivity contribution in [3.05, 3.63) is 167 Å². The van der Waals surface area contributed by atoms with Crippen LogP contribution in [-0.2, 0) is 36.1 Å². The van der Waals surface area contributed by atoms with E-state index in [1.807, 2.05) is 84.9 Å². The SMILES string of the molecule is CON=C(C(=O)NC1C(=O)N2CC(CSc3nc4cnccc4s3)(C(=O)OCc3ccc(OC)cc3)CS[C@H]12)c1csc(NC(c2ccccc2)(c2ccccc2)c2ccccc2)n1. The number of methoxy groups -OCH3 is 1. The van der Waals surface area contributed by atoms with E-state index in [4.69, 9.17) is 24.3 Å². The summed E-state index contributed by atoms with van der Waals surface area (Å²) in [7, 11) is 2.95. The summed E-state index contributed by atoms with van der Waals surface area (Å²) in [6, 6.07) is 38.8. The Hall–Kier alpha value is -6.27. The number of oxime groups is 1. The molecule has 3 atom stereocenters. The van der Waals surface area contributed by atoms with Gasteiger partial charge in [-0.05, 0) is 40.5 Å². The summed E-state index contributed by atoms with van der Waals surface area (Å²) >= 11 is 5.73. The number of thioether (sulfide) groups is 2. The second-order valence-corrected chi connectivity index (χ2v) is 19.3. The number of hydrogen-bond donors (Lipinski definition) is 2. The van der Waals surface area contributed by atoms with Gasteiger partial charge < -0.3 is 29.8 Å². The number of nitrogens with one attached hydrogen (secondary N) is 2. The molecule has 0 aliphatic carbocycles. The van der Waals surface area contributed by atoms with Crippen LogP contribution < -0.4 is 15.4 Å². The Labute approximate surface area is 385 Å². The number of thiazole rings is 2. The topological polar surface area (TPSA) is 157 Å². The molecule has 17 heteroatoms. The molecule has 0 saturated carbocycles. The highest BCUT2D eigenvalue weighted by molar-refractivity contribution is 8.01. The van der Waals surface area contributed by atoms with Crippen LogP contribution in [0.25, 0.3) is 10.2 Å². The molecule has 5 heterocycles. The number of anilines is 1.